The number of H-pyrrole nitrogens is 1. The highest BCUT2D eigenvalue weighted by Gasteiger charge is 2.15. The van der Waals surface area contributed by atoms with E-state index in [0.717, 1.165) is 33.4 Å². The molecule has 8 nitrogen and oxygen atoms in total. The van der Waals surface area contributed by atoms with Gasteiger partial charge in [-0.15, -0.1) is 0 Å². The number of rotatable bonds is 6. The van der Waals surface area contributed by atoms with Crippen LogP contribution in [0.2, 0.25) is 0 Å². The van der Waals surface area contributed by atoms with Crippen LogP contribution in [0.15, 0.2) is 73.4 Å². The van der Waals surface area contributed by atoms with E-state index in [1.54, 1.807) is 35.5 Å². The number of aromatic nitrogens is 5. The molecule has 0 aliphatic carbocycles. The molecule has 0 aliphatic rings. The van der Waals surface area contributed by atoms with Gasteiger partial charge in [-0.2, -0.15) is 5.10 Å². The summed E-state index contributed by atoms with van der Waals surface area (Å²) in [6.45, 7) is 2.29. The van der Waals surface area contributed by atoms with Gasteiger partial charge in [-0.05, 0) is 42.8 Å². The maximum atomic E-state index is 12.8. The van der Waals surface area contributed by atoms with E-state index in [4.69, 9.17) is 4.74 Å². The van der Waals surface area contributed by atoms with Crippen LogP contribution >= 0.6 is 0 Å². The van der Waals surface area contributed by atoms with Crippen LogP contribution in [0.1, 0.15) is 21.5 Å². The number of carbonyl (C=O) groups excluding carboxylic acids is 1. The molecule has 4 heterocycles. The van der Waals surface area contributed by atoms with E-state index < -0.39 is 0 Å². The number of fused-ring (bicyclic) bond motifs is 1. The lowest BCUT2D eigenvalue weighted by molar-refractivity contribution is 0.0950. The Morgan fingerprint density at radius 2 is 2.03 bits per heavy atom. The Balaban J connectivity index is 1.40. The maximum Gasteiger partial charge on any atom is 0.251 e. The molecule has 0 bridgehead atoms. The monoisotopic (exact) mass is 438 g/mol. The number of carbonyl (C=O) groups is 1. The number of benzene rings is 1. The molecule has 2 N–H and O–H groups in total. The lowest BCUT2D eigenvalue weighted by Crippen LogP contribution is -2.23. The van der Waals surface area contributed by atoms with Crippen molar-refractivity contribution in [2.45, 2.75) is 13.5 Å². The molecular weight excluding hydrogens is 416 g/mol. The standard InChI is InChI=1S/C25H22N6O2/c1-16-19(25(32)28-13-17-5-4-9-26-12-17)6-3-7-22(16)33-23-8-10-27-24-20(23)11-21(30-24)18-14-29-31(2)15-18/h3-12,14-15H,13H2,1-2H3,(H,27,30)(H,28,32). The molecule has 0 saturated heterocycles. The molecule has 0 aliphatic heterocycles. The molecule has 0 radical (unpaired) electrons. The summed E-state index contributed by atoms with van der Waals surface area (Å²) in [5, 5.41) is 8.02. The van der Waals surface area contributed by atoms with E-state index in [1.807, 2.05) is 56.6 Å². The van der Waals surface area contributed by atoms with E-state index in [-0.39, 0.29) is 5.91 Å². The minimum absolute atomic E-state index is 0.165. The normalized spacial score (nSPS) is 11.0. The van der Waals surface area contributed by atoms with Crippen molar-refractivity contribution in [3.8, 4) is 22.8 Å². The van der Waals surface area contributed by atoms with Crippen molar-refractivity contribution in [2.75, 3.05) is 0 Å². The third kappa shape index (κ3) is 4.18. The summed E-state index contributed by atoms with van der Waals surface area (Å²) in [6, 6.07) is 13.0. The third-order valence-corrected chi connectivity index (χ3v) is 5.43. The van der Waals surface area contributed by atoms with Crippen molar-refractivity contribution in [3.05, 3.63) is 90.1 Å². The quantitative estimate of drug-likeness (QED) is 0.410. The molecular formula is C25H22N6O2. The van der Waals surface area contributed by atoms with Gasteiger partial charge in [-0.1, -0.05) is 12.1 Å². The zero-order valence-corrected chi connectivity index (χ0v) is 18.2. The first kappa shape index (κ1) is 20.4. The van der Waals surface area contributed by atoms with Crippen LogP contribution in [0.5, 0.6) is 11.5 Å². The van der Waals surface area contributed by atoms with Crippen LogP contribution < -0.4 is 10.1 Å². The topological polar surface area (TPSA) is 97.7 Å². The predicted molar refractivity (Wildman–Crippen MR) is 125 cm³/mol. The second kappa shape index (κ2) is 8.58. The number of nitrogens with zero attached hydrogens (tertiary/aromatic N) is 4. The van der Waals surface area contributed by atoms with Crippen molar-refractivity contribution in [1.82, 2.24) is 30.0 Å². The molecule has 4 aromatic heterocycles. The van der Waals surface area contributed by atoms with Crippen molar-refractivity contribution in [3.63, 3.8) is 0 Å². The van der Waals surface area contributed by atoms with Gasteiger partial charge in [-0.3, -0.25) is 14.5 Å². The molecule has 8 heteroatoms. The summed E-state index contributed by atoms with van der Waals surface area (Å²) in [4.78, 5) is 24.6. The Bertz CT molecular complexity index is 1440. The number of aromatic amines is 1. The van der Waals surface area contributed by atoms with E-state index in [1.165, 1.54) is 0 Å². The van der Waals surface area contributed by atoms with Gasteiger partial charge in [0.1, 0.15) is 17.1 Å². The summed E-state index contributed by atoms with van der Waals surface area (Å²) in [5.74, 6) is 1.10. The van der Waals surface area contributed by atoms with Crippen LogP contribution in [-0.2, 0) is 13.6 Å². The third-order valence-electron chi connectivity index (χ3n) is 5.43. The molecule has 1 aromatic carbocycles. The van der Waals surface area contributed by atoms with E-state index >= 15 is 0 Å². The van der Waals surface area contributed by atoms with Gasteiger partial charge < -0.3 is 15.0 Å². The number of hydrogen-bond acceptors (Lipinski definition) is 5. The number of pyridine rings is 2. The first-order chi connectivity index (χ1) is 16.1. The van der Waals surface area contributed by atoms with Gasteiger partial charge in [0.15, 0.2) is 0 Å². The average molecular weight is 438 g/mol. The first-order valence-electron chi connectivity index (χ1n) is 10.5. The number of ether oxygens (including phenoxy) is 1. The Hall–Kier alpha value is -4.46. The van der Waals surface area contributed by atoms with Crippen LogP contribution in [0.25, 0.3) is 22.3 Å². The summed E-state index contributed by atoms with van der Waals surface area (Å²) in [5.41, 5.74) is 4.84. The van der Waals surface area contributed by atoms with Gasteiger partial charge in [0.25, 0.3) is 5.91 Å². The molecule has 0 unspecified atom stereocenters. The minimum atomic E-state index is -0.165. The summed E-state index contributed by atoms with van der Waals surface area (Å²) in [7, 11) is 1.88. The van der Waals surface area contributed by atoms with E-state index in [9.17, 15) is 4.79 Å². The van der Waals surface area contributed by atoms with Gasteiger partial charge in [-0.25, -0.2) is 4.98 Å². The molecule has 5 rings (SSSR count). The number of amides is 1. The summed E-state index contributed by atoms with van der Waals surface area (Å²) >= 11 is 0. The lowest BCUT2D eigenvalue weighted by atomic mass is 10.1. The summed E-state index contributed by atoms with van der Waals surface area (Å²) < 4.78 is 8.01. The second-order valence-corrected chi connectivity index (χ2v) is 7.73. The average Bonchev–Trinajstić information content (AvgIpc) is 3.46. The fourth-order valence-corrected chi connectivity index (χ4v) is 3.68. The predicted octanol–water partition coefficient (Wildman–Crippen LogP) is 4.39. The Morgan fingerprint density at radius 1 is 1.12 bits per heavy atom. The maximum absolute atomic E-state index is 12.8. The molecule has 0 fully saturated rings. The molecule has 5 aromatic rings. The first-order valence-corrected chi connectivity index (χ1v) is 10.5. The molecule has 33 heavy (non-hydrogen) atoms. The van der Waals surface area contributed by atoms with Crippen molar-refractivity contribution in [2.24, 2.45) is 7.05 Å². The Kier molecular flexibility index (Phi) is 5.32. The van der Waals surface area contributed by atoms with Crippen LogP contribution in [-0.4, -0.2) is 30.6 Å². The number of hydrogen-bond donors (Lipinski definition) is 2. The van der Waals surface area contributed by atoms with Gasteiger partial charge >= 0.3 is 0 Å². The molecule has 0 atom stereocenters. The number of nitrogens with one attached hydrogen (secondary N) is 2. The highest BCUT2D eigenvalue weighted by molar-refractivity contribution is 5.96. The molecule has 164 valence electrons. The summed E-state index contributed by atoms with van der Waals surface area (Å²) in [6.07, 6.45) is 8.86. The Morgan fingerprint density at radius 3 is 2.82 bits per heavy atom. The van der Waals surface area contributed by atoms with E-state index in [2.05, 4.69) is 25.4 Å². The van der Waals surface area contributed by atoms with Gasteiger partial charge in [0.2, 0.25) is 0 Å². The number of aryl methyl sites for hydroxylation is 1. The second-order valence-electron chi connectivity index (χ2n) is 7.73. The van der Waals surface area contributed by atoms with Gasteiger partial charge in [0.05, 0.1) is 17.3 Å². The van der Waals surface area contributed by atoms with Crippen LogP contribution in [0, 0.1) is 6.92 Å². The van der Waals surface area contributed by atoms with Crippen molar-refractivity contribution in [1.29, 1.82) is 0 Å². The highest BCUT2D eigenvalue weighted by atomic mass is 16.5. The van der Waals surface area contributed by atoms with Crippen LogP contribution in [0.4, 0.5) is 0 Å². The zero-order chi connectivity index (χ0) is 22.8. The van der Waals surface area contributed by atoms with Crippen LogP contribution in [0.3, 0.4) is 0 Å². The van der Waals surface area contributed by atoms with Crippen molar-refractivity contribution < 1.29 is 9.53 Å². The van der Waals surface area contributed by atoms with Gasteiger partial charge in [0, 0.05) is 55.1 Å². The van der Waals surface area contributed by atoms with E-state index in [0.29, 0.717) is 23.6 Å². The molecule has 0 spiro atoms. The minimum Gasteiger partial charge on any atom is -0.456 e. The molecule has 0 saturated carbocycles. The lowest BCUT2D eigenvalue weighted by Gasteiger charge is -2.13. The molecule has 1 amide bonds. The smallest absolute Gasteiger partial charge is 0.251 e. The SMILES string of the molecule is Cc1c(Oc2ccnc3[nH]c(-c4cnn(C)c4)cc23)cccc1C(=O)NCc1cccnc1. The Labute approximate surface area is 190 Å². The fraction of sp³-hybridized carbons (Fsp3) is 0.120. The fourth-order valence-electron chi connectivity index (χ4n) is 3.68. The highest BCUT2D eigenvalue weighted by Crippen LogP contribution is 2.34. The zero-order valence-electron chi connectivity index (χ0n) is 18.2. The van der Waals surface area contributed by atoms with Crippen molar-refractivity contribution >= 4 is 16.9 Å². The largest absolute Gasteiger partial charge is 0.456 e.